The van der Waals surface area contributed by atoms with Crippen LogP contribution in [0.3, 0.4) is 0 Å². The zero-order chi connectivity index (χ0) is 14.2. The van der Waals surface area contributed by atoms with Gasteiger partial charge in [0.2, 0.25) is 10.0 Å². The summed E-state index contributed by atoms with van der Waals surface area (Å²) >= 11 is 1.77. The number of thiophene rings is 1. The van der Waals surface area contributed by atoms with E-state index in [-0.39, 0.29) is 5.41 Å². The van der Waals surface area contributed by atoms with E-state index in [0.717, 1.165) is 26.2 Å². The maximum atomic E-state index is 11.3. The molecule has 0 spiro atoms. The van der Waals surface area contributed by atoms with Crippen LogP contribution in [-0.2, 0) is 21.3 Å². The average Bonchev–Trinajstić information content (AvgIpc) is 3.01. The minimum absolute atomic E-state index is 0.0552. The zero-order valence-corrected chi connectivity index (χ0v) is 13.2. The molecule has 7 heteroatoms. The molecule has 0 radical (unpaired) electrons. The summed E-state index contributed by atoms with van der Waals surface area (Å²) in [7, 11) is -3.14. The van der Waals surface area contributed by atoms with Gasteiger partial charge in [0.25, 0.3) is 0 Å². The fourth-order valence-corrected chi connectivity index (χ4v) is 4.51. The minimum Gasteiger partial charge on any atom is -0.380 e. The van der Waals surface area contributed by atoms with Crippen molar-refractivity contribution >= 4 is 21.4 Å². The van der Waals surface area contributed by atoms with Gasteiger partial charge in [-0.15, -0.1) is 11.3 Å². The lowest BCUT2D eigenvalue weighted by atomic mass is 9.81. The SMILES string of the molecule is CS(=O)(=O)NC[C@@]12COC[C@@H]1CN(Cc1cccs1)C2. The molecule has 0 aliphatic carbocycles. The number of nitrogens with one attached hydrogen (secondary N) is 1. The summed E-state index contributed by atoms with van der Waals surface area (Å²) in [5, 5.41) is 2.09. The molecule has 20 heavy (non-hydrogen) atoms. The topological polar surface area (TPSA) is 58.6 Å². The monoisotopic (exact) mass is 316 g/mol. The van der Waals surface area contributed by atoms with Crippen molar-refractivity contribution in [1.29, 1.82) is 0 Å². The molecular formula is C13H20N2O3S2. The van der Waals surface area contributed by atoms with Crippen molar-refractivity contribution in [2.75, 3.05) is 39.1 Å². The number of likely N-dealkylation sites (tertiary alicyclic amines) is 1. The molecule has 1 aromatic rings. The van der Waals surface area contributed by atoms with E-state index >= 15 is 0 Å². The van der Waals surface area contributed by atoms with Crippen molar-refractivity contribution < 1.29 is 13.2 Å². The average molecular weight is 316 g/mol. The molecule has 5 nitrogen and oxygen atoms in total. The van der Waals surface area contributed by atoms with E-state index in [0.29, 0.717) is 19.1 Å². The molecule has 2 saturated heterocycles. The first-order valence-corrected chi connectivity index (χ1v) is 9.51. The van der Waals surface area contributed by atoms with Crippen molar-refractivity contribution in [3.8, 4) is 0 Å². The highest BCUT2D eigenvalue weighted by atomic mass is 32.2. The molecule has 2 atom stereocenters. The van der Waals surface area contributed by atoms with Crippen molar-refractivity contribution in [3.63, 3.8) is 0 Å². The Kier molecular flexibility index (Phi) is 3.89. The fourth-order valence-electron chi connectivity index (χ4n) is 3.21. The lowest BCUT2D eigenvalue weighted by Crippen LogP contribution is -2.42. The number of hydrogen-bond acceptors (Lipinski definition) is 5. The van der Waals surface area contributed by atoms with Crippen LogP contribution >= 0.6 is 11.3 Å². The largest absolute Gasteiger partial charge is 0.380 e. The quantitative estimate of drug-likeness (QED) is 0.871. The van der Waals surface area contributed by atoms with Gasteiger partial charge in [0, 0.05) is 42.4 Å². The van der Waals surface area contributed by atoms with E-state index in [1.165, 1.54) is 11.1 Å². The molecule has 0 aromatic carbocycles. The number of sulfonamides is 1. The smallest absolute Gasteiger partial charge is 0.208 e. The first-order valence-electron chi connectivity index (χ1n) is 6.74. The van der Waals surface area contributed by atoms with Crippen LogP contribution in [0.1, 0.15) is 4.88 Å². The normalized spacial score (nSPS) is 30.8. The molecule has 1 aromatic heterocycles. The highest BCUT2D eigenvalue weighted by molar-refractivity contribution is 7.88. The van der Waals surface area contributed by atoms with Crippen molar-refractivity contribution in [3.05, 3.63) is 22.4 Å². The Hall–Kier alpha value is -0.470. The van der Waals surface area contributed by atoms with E-state index in [1.54, 1.807) is 11.3 Å². The second kappa shape index (κ2) is 5.38. The van der Waals surface area contributed by atoms with E-state index in [4.69, 9.17) is 4.74 Å². The molecule has 112 valence electrons. The van der Waals surface area contributed by atoms with Gasteiger partial charge < -0.3 is 4.74 Å². The second-order valence-electron chi connectivity index (χ2n) is 5.92. The Balaban J connectivity index is 1.67. The summed E-state index contributed by atoms with van der Waals surface area (Å²) in [4.78, 5) is 3.78. The van der Waals surface area contributed by atoms with E-state index in [1.807, 2.05) is 0 Å². The molecular weight excluding hydrogens is 296 g/mol. The first-order chi connectivity index (χ1) is 9.47. The number of nitrogens with zero attached hydrogens (tertiary/aromatic N) is 1. The van der Waals surface area contributed by atoms with Gasteiger partial charge in [-0.25, -0.2) is 13.1 Å². The molecule has 2 fully saturated rings. The Morgan fingerprint density at radius 2 is 2.45 bits per heavy atom. The highest BCUT2D eigenvalue weighted by Crippen LogP contribution is 2.41. The van der Waals surface area contributed by atoms with Crippen molar-refractivity contribution in [1.82, 2.24) is 9.62 Å². The molecule has 2 aliphatic heterocycles. The van der Waals surface area contributed by atoms with Crippen molar-refractivity contribution in [2.45, 2.75) is 6.54 Å². The van der Waals surface area contributed by atoms with Gasteiger partial charge in [-0.3, -0.25) is 4.90 Å². The number of ether oxygens (including phenoxy) is 1. The minimum atomic E-state index is -3.14. The van der Waals surface area contributed by atoms with Crippen LogP contribution in [0.5, 0.6) is 0 Å². The second-order valence-corrected chi connectivity index (χ2v) is 8.78. The Bertz CT molecular complexity index is 558. The predicted octanol–water partition coefficient (Wildman–Crippen LogP) is 0.746. The van der Waals surface area contributed by atoms with Gasteiger partial charge in [-0.1, -0.05) is 6.07 Å². The zero-order valence-electron chi connectivity index (χ0n) is 11.5. The lowest BCUT2D eigenvalue weighted by Gasteiger charge is -2.27. The molecule has 3 rings (SSSR count). The van der Waals surface area contributed by atoms with Crippen LogP contribution in [0.4, 0.5) is 0 Å². The number of fused-ring (bicyclic) bond motifs is 1. The summed E-state index contributed by atoms with van der Waals surface area (Å²) in [5.41, 5.74) is -0.0552. The van der Waals surface area contributed by atoms with Gasteiger partial charge in [-0.05, 0) is 11.4 Å². The van der Waals surface area contributed by atoms with Gasteiger partial charge in [0.15, 0.2) is 0 Å². The molecule has 2 aliphatic rings. The summed E-state index contributed by atoms with van der Waals surface area (Å²) in [6.07, 6.45) is 1.22. The maximum absolute atomic E-state index is 11.3. The number of hydrogen-bond donors (Lipinski definition) is 1. The molecule has 0 saturated carbocycles. The van der Waals surface area contributed by atoms with Crippen LogP contribution in [0, 0.1) is 11.3 Å². The number of rotatable bonds is 5. The fraction of sp³-hybridized carbons (Fsp3) is 0.692. The van der Waals surface area contributed by atoms with E-state index < -0.39 is 10.0 Å². The summed E-state index contributed by atoms with van der Waals surface area (Å²) in [6.45, 7) is 4.72. The third-order valence-corrected chi connectivity index (χ3v) is 5.77. The molecule has 0 amide bonds. The van der Waals surface area contributed by atoms with Gasteiger partial charge in [0.1, 0.15) is 0 Å². The predicted molar refractivity (Wildman–Crippen MR) is 79.2 cm³/mol. The van der Waals surface area contributed by atoms with Crippen LogP contribution in [0.15, 0.2) is 17.5 Å². The van der Waals surface area contributed by atoms with Crippen LogP contribution in [0.25, 0.3) is 0 Å². The van der Waals surface area contributed by atoms with Gasteiger partial charge in [-0.2, -0.15) is 0 Å². The summed E-state index contributed by atoms with van der Waals surface area (Å²) in [6, 6.07) is 4.22. The molecule has 0 unspecified atom stereocenters. The Morgan fingerprint density at radius 3 is 3.15 bits per heavy atom. The van der Waals surface area contributed by atoms with Crippen molar-refractivity contribution in [2.24, 2.45) is 11.3 Å². The Morgan fingerprint density at radius 1 is 1.60 bits per heavy atom. The first kappa shape index (κ1) is 14.5. The van der Waals surface area contributed by atoms with E-state index in [2.05, 4.69) is 27.1 Å². The van der Waals surface area contributed by atoms with Gasteiger partial charge in [0.05, 0.1) is 19.5 Å². The lowest BCUT2D eigenvalue weighted by molar-refractivity contribution is 0.128. The molecule has 1 N–H and O–H groups in total. The van der Waals surface area contributed by atoms with E-state index in [9.17, 15) is 8.42 Å². The standard InChI is InChI=1S/C13H20N2O3S2/c1-20(16,17)14-8-13-9-15(5-11(13)7-18-10-13)6-12-3-2-4-19-12/h2-4,11,14H,5-10H2,1H3/t11-,13+/m0/s1. The molecule has 0 bridgehead atoms. The van der Waals surface area contributed by atoms with Gasteiger partial charge >= 0.3 is 0 Å². The third kappa shape index (κ3) is 3.07. The van der Waals surface area contributed by atoms with Crippen LogP contribution in [-0.4, -0.2) is 52.4 Å². The summed E-state index contributed by atoms with van der Waals surface area (Å²) in [5.74, 6) is 0.428. The highest BCUT2D eigenvalue weighted by Gasteiger charge is 2.50. The van der Waals surface area contributed by atoms with Crippen LogP contribution in [0.2, 0.25) is 0 Å². The summed E-state index contributed by atoms with van der Waals surface area (Å²) < 4.78 is 31.0. The van der Waals surface area contributed by atoms with Crippen LogP contribution < -0.4 is 4.72 Å². The molecule has 3 heterocycles. The third-order valence-electron chi connectivity index (χ3n) is 4.24. The maximum Gasteiger partial charge on any atom is 0.208 e. The Labute approximate surface area is 124 Å².